The first-order valence-corrected chi connectivity index (χ1v) is 38.0. The summed E-state index contributed by atoms with van der Waals surface area (Å²) in [6.45, 7) is 0. The lowest BCUT2D eigenvalue weighted by Crippen LogP contribution is -2.06. The van der Waals surface area contributed by atoms with E-state index < -0.39 is 0 Å². The van der Waals surface area contributed by atoms with Crippen molar-refractivity contribution in [3.63, 3.8) is 0 Å². The molecule has 8 aromatic heterocycles. The molecule has 10 nitrogen and oxygen atoms in total. The van der Waals surface area contributed by atoms with Gasteiger partial charge in [0.05, 0.1) is 32.8 Å². The molecule has 23 rings (SSSR count). The molecular weight excluding hydrogens is 1360 g/mol. The third-order valence-corrected chi connectivity index (χ3v) is 24.2. The van der Waals surface area contributed by atoms with Gasteiger partial charge in [-0.15, -0.1) is 22.7 Å². The van der Waals surface area contributed by atoms with E-state index in [9.17, 15) is 0 Å². The summed E-state index contributed by atoms with van der Waals surface area (Å²) in [5.74, 6) is 4.27. The maximum atomic E-state index is 6.86. The SMILES string of the molecule is C1=Cc2oc3c(ccc4c3c3c5oc6ccccc6c5ccc3n4-c3nc(-c4ccccc4)nc(-c4ccc(-c5cccc(-c6ccc(-c7ccc(-c8nc(-c9ccc(-c%10ccccc%10)cc9)nc(-n9c%10ccc%11c%12ccccc%12sc%11c%10c%10c%11sc%12ccccc%12c%11ccc%109)n8)cc7)cc6)c5)cc4)n3)c2CC1. The second-order valence-electron chi connectivity index (χ2n) is 27.9. The quantitative estimate of drug-likeness (QED) is 0.133. The molecule has 22 aromatic rings. The fourth-order valence-corrected chi connectivity index (χ4v) is 19.1. The van der Waals surface area contributed by atoms with Crippen LogP contribution in [0.25, 0.3) is 225 Å². The Kier molecular flexibility index (Phi) is 13.4. The molecule has 0 saturated carbocycles. The molecule has 0 saturated heterocycles. The van der Waals surface area contributed by atoms with E-state index in [0.717, 1.165) is 151 Å². The molecule has 1 aliphatic rings. The summed E-state index contributed by atoms with van der Waals surface area (Å²) in [5.41, 5.74) is 20.0. The van der Waals surface area contributed by atoms with E-state index in [1.807, 2.05) is 71.2 Å². The molecule has 14 aromatic carbocycles. The summed E-state index contributed by atoms with van der Waals surface area (Å²) < 4.78 is 23.2. The number of fused-ring (bicyclic) bond motifs is 22. The molecule has 504 valence electrons. The number of para-hydroxylation sites is 1. The van der Waals surface area contributed by atoms with E-state index in [1.165, 1.54) is 56.7 Å². The summed E-state index contributed by atoms with van der Waals surface area (Å²) in [5, 5.41) is 12.6. The first kappa shape index (κ1) is 60.6. The molecule has 0 spiro atoms. The number of hydrogen-bond donors (Lipinski definition) is 0. The van der Waals surface area contributed by atoms with Crippen molar-refractivity contribution in [2.24, 2.45) is 0 Å². The van der Waals surface area contributed by atoms with Gasteiger partial charge in [0.1, 0.15) is 22.5 Å². The Bertz CT molecular complexity index is 7390. The van der Waals surface area contributed by atoms with Crippen molar-refractivity contribution in [1.29, 1.82) is 0 Å². The Balaban J connectivity index is 0.580. The highest BCUT2D eigenvalue weighted by molar-refractivity contribution is 7.28. The van der Waals surface area contributed by atoms with Gasteiger partial charge in [-0.3, -0.25) is 9.13 Å². The standard InChI is InChI=1S/C96H56N8O2S2/c1-3-16-55(17-4-1)56-34-40-62(41-35-56)93-98-94(102-96(101-93)104-77-52-48-73-69-24-9-13-28-81(69)107-89(73)85(77)86-78(104)53-49-74-70-25-10-14-29-82(70)108-90(74)86)63-42-36-58(37-43-63)57-30-32-59(33-31-57)65-20-15-21-66(54-65)60-38-44-64(45-39-60)92-97-91(61-18-5-2-6-19-61)99-95(100-92)103-75-50-46-71-67-22-7-11-26-79(67)105-87(71)83(75)84-76(103)51-47-72-68-23-8-12-27-80(68)106-88(72)84/h1-7,9-22,24-54H,8,23H2. The predicted octanol–water partition coefficient (Wildman–Crippen LogP) is 25.9. The van der Waals surface area contributed by atoms with Crippen LogP contribution >= 0.6 is 22.7 Å². The highest BCUT2D eigenvalue weighted by Gasteiger charge is 2.29. The highest BCUT2D eigenvalue weighted by atomic mass is 32.1. The third-order valence-electron chi connectivity index (χ3n) is 21.8. The molecule has 0 radical (unpaired) electrons. The molecule has 0 unspecified atom stereocenters. The molecule has 0 N–H and O–H groups in total. The normalized spacial score (nSPS) is 12.5. The Morgan fingerprint density at radius 2 is 0.648 bits per heavy atom. The summed E-state index contributed by atoms with van der Waals surface area (Å²) in [6, 6.07) is 108. The lowest BCUT2D eigenvalue weighted by Gasteiger charge is -2.12. The smallest absolute Gasteiger partial charge is 0.238 e. The Morgan fingerprint density at radius 1 is 0.278 bits per heavy atom. The minimum atomic E-state index is 0.494. The van der Waals surface area contributed by atoms with Gasteiger partial charge in [-0.2, -0.15) is 19.9 Å². The number of hydrogen-bond acceptors (Lipinski definition) is 10. The van der Waals surface area contributed by atoms with E-state index in [-0.39, 0.29) is 0 Å². The number of benzene rings is 14. The van der Waals surface area contributed by atoms with Crippen molar-refractivity contribution < 1.29 is 8.83 Å². The largest absolute Gasteiger partial charge is 0.456 e. The van der Waals surface area contributed by atoms with Crippen LogP contribution in [0.3, 0.4) is 0 Å². The van der Waals surface area contributed by atoms with E-state index >= 15 is 0 Å². The molecule has 108 heavy (non-hydrogen) atoms. The molecule has 0 aliphatic heterocycles. The molecule has 0 amide bonds. The van der Waals surface area contributed by atoms with Crippen molar-refractivity contribution in [1.82, 2.24) is 39.0 Å². The zero-order valence-electron chi connectivity index (χ0n) is 57.6. The number of aryl methyl sites for hydroxylation is 1. The number of nitrogens with zero attached hydrogens (tertiary/aromatic N) is 8. The second kappa shape index (κ2) is 23.9. The van der Waals surface area contributed by atoms with E-state index in [4.69, 9.17) is 38.7 Å². The molecule has 0 atom stereocenters. The van der Waals surface area contributed by atoms with Crippen LogP contribution in [0.2, 0.25) is 0 Å². The Hall–Kier alpha value is -13.8. The van der Waals surface area contributed by atoms with Crippen LogP contribution in [0.4, 0.5) is 0 Å². The van der Waals surface area contributed by atoms with Crippen LogP contribution in [-0.4, -0.2) is 39.0 Å². The van der Waals surface area contributed by atoms with E-state index in [0.29, 0.717) is 35.2 Å². The molecule has 8 heterocycles. The molecule has 12 heteroatoms. The van der Waals surface area contributed by atoms with Gasteiger partial charge in [0.2, 0.25) is 11.9 Å². The van der Waals surface area contributed by atoms with Gasteiger partial charge >= 0.3 is 0 Å². The van der Waals surface area contributed by atoms with Crippen molar-refractivity contribution in [3.8, 4) is 102 Å². The summed E-state index contributed by atoms with van der Waals surface area (Å²) in [4.78, 5) is 32.1. The van der Waals surface area contributed by atoms with Crippen LogP contribution < -0.4 is 0 Å². The first-order chi connectivity index (χ1) is 53.5. The van der Waals surface area contributed by atoms with Crippen LogP contribution in [0.15, 0.2) is 318 Å². The number of aromatic nitrogens is 8. The van der Waals surface area contributed by atoms with Gasteiger partial charge in [-0.1, -0.05) is 249 Å². The average Bonchev–Trinajstić information content (AvgIpc) is 1.55. The van der Waals surface area contributed by atoms with E-state index in [2.05, 4.69) is 276 Å². The lowest BCUT2D eigenvalue weighted by atomic mass is 9.96. The topological polar surface area (TPSA) is 113 Å². The maximum absolute atomic E-state index is 6.86. The third kappa shape index (κ3) is 9.50. The number of rotatable bonds is 10. The Morgan fingerprint density at radius 3 is 1.15 bits per heavy atom. The monoisotopic (exact) mass is 1420 g/mol. The van der Waals surface area contributed by atoms with Crippen LogP contribution in [0.5, 0.6) is 0 Å². The average molecular weight is 1420 g/mol. The van der Waals surface area contributed by atoms with Crippen LogP contribution in [0.1, 0.15) is 17.7 Å². The molecule has 0 fully saturated rings. The summed E-state index contributed by atoms with van der Waals surface area (Å²) >= 11 is 3.72. The predicted molar refractivity (Wildman–Crippen MR) is 446 cm³/mol. The van der Waals surface area contributed by atoms with Crippen molar-refractivity contribution in [3.05, 3.63) is 321 Å². The van der Waals surface area contributed by atoms with E-state index in [1.54, 1.807) is 0 Å². The fourth-order valence-electron chi connectivity index (χ4n) is 16.6. The van der Waals surface area contributed by atoms with Crippen LogP contribution in [0, 0.1) is 0 Å². The van der Waals surface area contributed by atoms with Gasteiger partial charge < -0.3 is 8.83 Å². The first-order valence-electron chi connectivity index (χ1n) is 36.3. The minimum Gasteiger partial charge on any atom is -0.456 e. The molecular formula is C96H56N8O2S2. The number of allylic oxidation sites excluding steroid dienone is 1. The van der Waals surface area contributed by atoms with Gasteiger partial charge in [0, 0.05) is 95.1 Å². The molecule has 0 bridgehead atoms. The molecule has 1 aliphatic carbocycles. The minimum absolute atomic E-state index is 0.494. The zero-order chi connectivity index (χ0) is 70.7. The van der Waals surface area contributed by atoms with Crippen molar-refractivity contribution >= 4 is 146 Å². The maximum Gasteiger partial charge on any atom is 0.238 e. The van der Waals surface area contributed by atoms with Crippen molar-refractivity contribution in [2.45, 2.75) is 12.8 Å². The number of furan rings is 2. The lowest BCUT2D eigenvalue weighted by molar-refractivity contribution is 0.598. The number of thiophene rings is 2. The summed E-state index contributed by atoms with van der Waals surface area (Å²) in [6.07, 6.45) is 6.19. The highest BCUT2D eigenvalue weighted by Crippen LogP contribution is 2.50. The van der Waals surface area contributed by atoms with Crippen molar-refractivity contribution in [2.75, 3.05) is 0 Å². The zero-order valence-corrected chi connectivity index (χ0v) is 59.3. The fraction of sp³-hybridized carbons (Fsp3) is 0.0208. The van der Waals surface area contributed by atoms with Gasteiger partial charge in [0.15, 0.2) is 23.3 Å². The van der Waals surface area contributed by atoms with Crippen LogP contribution in [-0.2, 0) is 6.42 Å². The Labute approximate surface area is 624 Å². The van der Waals surface area contributed by atoms with Gasteiger partial charge in [0.25, 0.3) is 0 Å². The summed E-state index contributed by atoms with van der Waals surface area (Å²) in [7, 11) is 0. The van der Waals surface area contributed by atoms with Gasteiger partial charge in [-0.25, -0.2) is 9.97 Å². The van der Waals surface area contributed by atoms with Gasteiger partial charge in [-0.05, 0) is 124 Å². The second-order valence-corrected chi connectivity index (χ2v) is 30.0.